The average Bonchev–Trinajstić information content (AvgIpc) is 3.19. The largest absolute Gasteiger partial charge is 0.469 e. The third-order valence-electron chi connectivity index (χ3n) is 9.07. The lowest BCUT2D eigenvalue weighted by atomic mass is 9.38. The summed E-state index contributed by atoms with van der Waals surface area (Å²) in [5.41, 5.74) is -4.83. The number of hydrogen-bond acceptors (Lipinski definition) is 9. The summed E-state index contributed by atoms with van der Waals surface area (Å²) in [4.78, 5) is 36.9. The monoisotopic (exact) mass is 492 g/mol. The Bertz CT molecular complexity index is 1040. The van der Waals surface area contributed by atoms with Gasteiger partial charge in [0.1, 0.15) is 23.6 Å². The van der Waals surface area contributed by atoms with Crippen LogP contribution in [-0.4, -0.2) is 52.0 Å². The van der Waals surface area contributed by atoms with Crippen LogP contribution in [0.3, 0.4) is 0 Å². The highest BCUT2D eigenvalue weighted by Crippen LogP contribution is 2.68. The number of aliphatic hydroxyl groups is 2. The molecule has 35 heavy (non-hydrogen) atoms. The number of carbonyl (C=O) groups is 3. The first-order chi connectivity index (χ1) is 16.1. The van der Waals surface area contributed by atoms with Crippen LogP contribution in [-0.2, 0) is 40.6 Å². The van der Waals surface area contributed by atoms with Gasteiger partial charge in [0, 0.05) is 44.1 Å². The van der Waals surface area contributed by atoms with Gasteiger partial charge in [0.15, 0.2) is 6.10 Å². The molecule has 1 heterocycles. The zero-order valence-corrected chi connectivity index (χ0v) is 21.4. The van der Waals surface area contributed by atoms with E-state index in [4.69, 9.17) is 18.6 Å². The highest BCUT2D eigenvalue weighted by Gasteiger charge is 2.78. The van der Waals surface area contributed by atoms with Crippen molar-refractivity contribution in [2.75, 3.05) is 0 Å². The molecule has 1 aromatic heterocycles. The molecule has 3 aliphatic rings. The predicted octanol–water partition coefficient (Wildman–Crippen LogP) is 2.64. The maximum Gasteiger partial charge on any atom is 0.303 e. The molecule has 3 aliphatic carbocycles. The van der Waals surface area contributed by atoms with Gasteiger partial charge in [0.05, 0.1) is 11.9 Å². The normalized spacial score (nSPS) is 41.6. The summed E-state index contributed by atoms with van der Waals surface area (Å²) in [6, 6.07) is 1.68. The molecule has 0 aliphatic heterocycles. The highest BCUT2D eigenvalue weighted by molar-refractivity contribution is 5.68. The third-order valence-corrected chi connectivity index (χ3v) is 9.07. The lowest BCUT2D eigenvalue weighted by molar-refractivity contribution is -0.351. The zero-order valence-electron chi connectivity index (χ0n) is 21.4. The lowest BCUT2D eigenvalue weighted by Crippen LogP contribution is -2.81. The number of ether oxygens (including phenoxy) is 3. The van der Waals surface area contributed by atoms with Crippen molar-refractivity contribution in [3.63, 3.8) is 0 Å². The molecule has 2 N–H and O–H groups in total. The molecule has 194 valence electrons. The molecule has 0 radical (unpaired) electrons. The Kier molecular flexibility index (Phi) is 5.92. The van der Waals surface area contributed by atoms with Crippen LogP contribution in [0.25, 0.3) is 0 Å². The topological polar surface area (TPSA) is 132 Å². The van der Waals surface area contributed by atoms with Crippen molar-refractivity contribution in [2.24, 2.45) is 22.7 Å². The van der Waals surface area contributed by atoms with Crippen molar-refractivity contribution in [3.05, 3.63) is 23.7 Å². The van der Waals surface area contributed by atoms with Crippen molar-refractivity contribution in [2.45, 2.75) is 97.2 Å². The fourth-order valence-corrected chi connectivity index (χ4v) is 7.62. The molecule has 0 spiro atoms. The molecule has 8 atom stereocenters. The summed E-state index contributed by atoms with van der Waals surface area (Å²) in [7, 11) is 0. The van der Waals surface area contributed by atoms with E-state index in [-0.39, 0.29) is 0 Å². The predicted molar refractivity (Wildman–Crippen MR) is 122 cm³/mol. The van der Waals surface area contributed by atoms with Crippen LogP contribution in [0.15, 0.2) is 16.7 Å². The van der Waals surface area contributed by atoms with Crippen LogP contribution >= 0.6 is 0 Å². The van der Waals surface area contributed by atoms with E-state index in [0.29, 0.717) is 30.6 Å². The number of furan rings is 1. The first-order valence-corrected chi connectivity index (χ1v) is 12.1. The minimum Gasteiger partial charge on any atom is -0.469 e. The second kappa shape index (κ2) is 8.06. The van der Waals surface area contributed by atoms with Crippen LogP contribution in [0.5, 0.6) is 0 Å². The van der Waals surface area contributed by atoms with Crippen molar-refractivity contribution in [1.82, 2.24) is 0 Å². The Morgan fingerprint density at radius 3 is 2.14 bits per heavy atom. The van der Waals surface area contributed by atoms with E-state index in [2.05, 4.69) is 0 Å². The fourth-order valence-electron chi connectivity index (χ4n) is 7.62. The highest BCUT2D eigenvalue weighted by atomic mass is 16.6. The van der Waals surface area contributed by atoms with Crippen LogP contribution in [0.4, 0.5) is 0 Å². The zero-order chi connectivity index (χ0) is 26.1. The Hall–Kier alpha value is -2.39. The fraction of sp³-hybridized carbons (Fsp3) is 0.731. The van der Waals surface area contributed by atoms with Crippen LogP contribution in [0, 0.1) is 22.7 Å². The third kappa shape index (κ3) is 3.45. The van der Waals surface area contributed by atoms with E-state index in [9.17, 15) is 24.6 Å². The molecular formula is C26H36O9. The van der Waals surface area contributed by atoms with Gasteiger partial charge in [0.2, 0.25) is 0 Å². The second-order valence-electron chi connectivity index (χ2n) is 11.4. The van der Waals surface area contributed by atoms with Gasteiger partial charge in [-0.1, -0.05) is 20.8 Å². The molecule has 4 rings (SSSR count). The maximum absolute atomic E-state index is 12.8. The Labute approximate surface area is 205 Å². The van der Waals surface area contributed by atoms with E-state index in [1.165, 1.54) is 27.0 Å². The smallest absolute Gasteiger partial charge is 0.303 e. The van der Waals surface area contributed by atoms with Crippen LogP contribution in [0.2, 0.25) is 0 Å². The Morgan fingerprint density at radius 1 is 0.971 bits per heavy atom. The maximum atomic E-state index is 12.8. The van der Waals surface area contributed by atoms with Crippen molar-refractivity contribution < 1.29 is 43.2 Å². The van der Waals surface area contributed by atoms with E-state index in [1.54, 1.807) is 13.0 Å². The van der Waals surface area contributed by atoms with E-state index >= 15 is 0 Å². The quantitative estimate of drug-likeness (QED) is 0.483. The molecule has 0 saturated heterocycles. The van der Waals surface area contributed by atoms with E-state index in [0.717, 1.165) is 0 Å². The van der Waals surface area contributed by atoms with Gasteiger partial charge in [-0.25, -0.2) is 0 Å². The number of fused-ring (bicyclic) bond motifs is 4. The van der Waals surface area contributed by atoms with Gasteiger partial charge >= 0.3 is 17.9 Å². The minimum absolute atomic E-state index is 0.306. The first kappa shape index (κ1) is 25.7. The molecule has 9 nitrogen and oxygen atoms in total. The Balaban J connectivity index is 2.05. The summed E-state index contributed by atoms with van der Waals surface area (Å²) in [6.45, 7) is 11.0. The minimum atomic E-state index is -1.79. The number of rotatable bonds is 3. The van der Waals surface area contributed by atoms with E-state index < -0.39 is 70.1 Å². The molecule has 0 aromatic carbocycles. The second-order valence-corrected chi connectivity index (χ2v) is 11.4. The standard InChI is InChI=1S/C26H36O9/c1-13(27)33-19-8-10-23(4,5)26(31)22(35-15(3)29)21(34-14(2)28)20-17(24(19,26)6)12-18-16(9-11-32-18)25(20,7)30/h9,11,17,19-22,30-31H,8,10,12H2,1-7H3/t17-,19-,20-,21+,22-,24-,25+,26+/m0/s1. The molecule has 1 aromatic rings. The van der Waals surface area contributed by atoms with Crippen LogP contribution < -0.4 is 0 Å². The van der Waals surface area contributed by atoms with Gasteiger partial charge in [-0.05, 0) is 37.2 Å². The van der Waals surface area contributed by atoms with Crippen LogP contribution in [0.1, 0.15) is 72.6 Å². The number of carbonyl (C=O) groups excluding carboxylic acids is 3. The molecule has 9 heteroatoms. The Morgan fingerprint density at radius 2 is 1.57 bits per heavy atom. The summed E-state index contributed by atoms with van der Waals surface area (Å²) in [6.07, 6.45) is -0.497. The molecule has 0 unspecified atom stereocenters. The number of hydrogen-bond donors (Lipinski definition) is 2. The SMILES string of the molecule is CC(=O)O[C@@H]1[C@@H]2[C@H](Cc3occc3[C@@]2(C)O)[C@@]2(C)[C@@H](OC(C)=O)CCC(C)(C)[C@]2(O)[C@H]1OC(C)=O. The van der Waals surface area contributed by atoms with Gasteiger partial charge in [0.25, 0.3) is 0 Å². The summed E-state index contributed by atoms with van der Waals surface area (Å²) in [5, 5.41) is 24.7. The van der Waals surface area contributed by atoms with Gasteiger partial charge in [-0.3, -0.25) is 14.4 Å². The van der Waals surface area contributed by atoms with E-state index in [1.807, 2.05) is 20.8 Å². The van der Waals surface area contributed by atoms with Gasteiger partial charge in [-0.15, -0.1) is 0 Å². The molecule has 0 amide bonds. The molecule has 2 fully saturated rings. The van der Waals surface area contributed by atoms with Crippen molar-refractivity contribution >= 4 is 17.9 Å². The van der Waals surface area contributed by atoms with Crippen molar-refractivity contribution in [1.29, 1.82) is 0 Å². The van der Waals surface area contributed by atoms with Gasteiger partial charge < -0.3 is 28.8 Å². The average molecular weight is 493 g/mol. The summed E-state index contributed by atoms with van der Waals surface area (Å²) < 4.78 is 23.1. The number of esters is 3. The lowest BCUT2D eigenvalue weighted by Gasteiger charge is -2.70. The summed E-state index contributed by atoms with van der Waals surface area (Å²) in [5.74, 6) is -2.58. The molecule has 0 bridgehead atoms. The first-order valence-electron chi connectivity index (χ1n) is 12.1. The molecule has 2 saturated carbocycles. The summed E-state index contributed by atoms with van der Waals surface area (Å²) >= 11 is 0. The van der Waals surface area contributed by atoms with Gasteiger partial charge in [-0.2, -0.15) is 0 Å². The van der Waals surface area contributed by atoms with Crippen molar-refractivity contribution in [3.8, 4) is 0 Å². The molecular weight excluding hydrogens is 456 g/mol.